The molecule has 1 amide bonds. The summed E-state index contributed by atoms with van der Waals surface area (Å²) >= 11 is 7.65. The van der Waals surface area contributed by atoms with Crippen LogP contribution in [-0.4, -0.2) is 18.0 Å². The Hall–Kier alpha value is -3.09. The van der Waals surface area contributed by atoms with Crippen LogP contribution in [0.25, 0.3) is 11.3 Å². The van der Waals surface area contributed by atoms with Gasteiger partial charge in [0.25, 0.3) is 5.91 Å². The Kier molecular flexibility index (Phi) is 5.64. The zero-order chi connectivity index (χ0) is 20.2. The molecular weight excluding hydrogens is 408 g/mol. The van der Waals surface area contributed by atoms with E-state index in [1.54, 1.807) is 48.6 Å². The lowest BCUT2D eigenvalue weighted by Crippen LogP contribution is -2.30. The fourth-order valence-corrected chi connectivity index (χ4v) is 3.90. The first-order chi connectivity index (χ1) is 14.2. The third-order valence-electron chi connectivity index (χ3n) is 4.35. The second-order valence-electron chi connectivity index (χ2n) is 6.19. The zero-order valence-electron chi connectivity index (χ0n) is 15.5. The Labute approximate surface area is 177 Å². The monoisotopic (exact) mass is 424 g/mol. The summed E-state index contributed by atoms with van der Waals surface area (Å²) in [5.41, 5.74) is 2.14. The number of thiazole rings is 1. The summed E-state index contributed by atoms with van der Waals surface area (Å²) < 4.78 is 10.7. The molecule has 0 bridgehead atoms. The number of anilines is 1. The molecule has 0 fully saturated rings. The number of nitrogens with zero attached hydrogens (tertiary/aromatic N) is 2. The average molecular weight is 425 g/mol. The van der Waals surface area contributed by atoms with Crippen molar-refractivity contribution in [2.24, 2.45) is 0 Å². The predicted octanol–water partition coefficient (Wildman–Crippen LogP) is 5.91. The van der Waals surface area contributed by atoms with E-state index in [4.69, 9.17) is 25.7 Å². The fourth-order valence-electron chi connectivity index (χ4n) is 2.85. The van der Waals surface area contributed by atoms with Crippen LogP contribution in [0.2, 0.25) is 5.02 Å². The van der Waals surface area contributed by atoms with Crippen molar-refractivity contribution in [1.29, 1.82) is 0 Å². The summed E-state index contributed by atoms with van der Waals surface area (Å²) in [7, 11) is 1.63. The second-order valence-corrected chi connectivity index (χ2v) is 7.44. The van der Waals surface area contributed by atoms with Crippen LogP contribution in [0.4, 0.5) is 5.13 Å². The van der Waals surface area contributed by atoms with Gasteiger partial charge in [0.2, 0.25) is 0 Å². The molecule has 0 saturated carbocycles. The van der Waals surface area contributed by atoms with E-state index in [1.165, 1.54) is 11.3 Å². The third kappa shape index (κ3) is 4.18. The molecule has 4 aromatic rings. The number of aromatic nitrogens is 1. The lowest BCUT2D eigenvalue weighted by molar-refractivity contribution is 0.0983. The van der Waals surface area contributed by atoms with Crippen molar-refractivity contribution in [3.63, 3.8) is 0 Å². The maximum atomic E-state index is 13.3. The molecule has 0 unspecified atom stereocenters. The summed E-state index contributed by atoms with van der Waals surface area (Å²) in [6, 6.07) is 18.2. The van der Waals surface area contributed by atoms with E-state index < -0.39 is 0 Å². The Morgan fingerprint density at radius 1 is 1.14 bits per heavy atom. The first-order valence-electron chi connectivity index (χ1n) is 8.84. The molecule has 146 valence electrons. The summed E-state index contributed by atoms with van der Waals surface area (Å²) in [6.45, 7) is 0.257. The van der Waals surface area contributed by atoms with E-state index in [0.29, 0.717) is 21.5 Å². The van der Waals surface area contributed by atoms with Crippen molar-refractivity contribution in [3.05, 3.63) is 88.7 Å². The number of hydrogen-bond acceptors (Lipinski definition) is 5. The number of methoxy groups -OCH3 is 1. The molecule has 29 heavy (non-hydrogen) atoms. The van der Waals surface area contributed by atoms with Crippen molar-refractivity contribution < 1.29 is 13.9 Å². The van der Waals surface area contributed by atoms with Gasteiger partial charge in [-0.15, -0.1) is 11.3 Å². The molecule has 7 heteroatoms. The van der Waals surface area contributed by atoms with E-state index >= 15 is 0 Å². The van der Waals surface area contributed by atoms with Gasteiger partial charge in [0, 0.05) is 10.9 Å². The number of rotatable bonds is 6. The SMILES string of the molecule is COc1ccc(-c2csc(N(Cc3ccco3)C(=O)c3ccccc3Cl)n2)cc1. The van der Waals surface area contributed by atoms with Crippen LogP contribution in [-0.2, 0) is 6.54 Å². The summed E-state index contributed by atoms with van der Waals surface area (Å²) in [5, 5.41) is 2.89. The molecule has 0 saturated heterocycles. The highest BCUT2D eigenvalue weighted by molar-refractivity contribution is 7.14. The van der Waals surface area contributed by atoms with Crippen LogP contribution in [0.1, 0.15) is 16.1 Å². The first kappa shape index (κ1) is 19.2. The van der Waals surface area contributed by atoms with Crippen LogP contribution in [0.3, 0.4) is 0 Å². The standard InChI is InChI=1S/C22H17ClN2O3S/c1-27-16-10-8-15(9-11-16)20-14-29-22(24-20)25(13-17-5-4-12-28-17)21(26)18-6-2-3-7-19(18)23/h2-12,14H,13H2,1H3. The van der Waals surface area contributed by atoms with Gasteiger partial charge in [-0.05, 0) is 48.5 Å². The number of carbonyl (C=O) groups excluding carboxylic acids is 1. The molecule has 0 radical (unpaired) electrons. The number of halogens is 1. The largest absolute Gasteiger partial charge is 0.497 e. The highest BCUT2D eigenvalue weighted by atomic mass is 35.5. The van der Waals surface area contributed by atoms with E-state index in [2.05, 4.69) is 0 Å². The fraction of sp³-hybridized carbons (Fsp3) is 0.0909. The number of carbonyl (C=O) groups is 1. The van der Waals surface area contributed by atoms with Gasteiger partial charge in [-0.3, -0.25) is 9.69 Å². The Balaban J connectivity index is 1.68. The normalized spacial score (nSPS) is 10.7. The van der Waals surface area contributed by atoms with Gasteiger partial charge in [-0.1, -0.05) is 23.7 Å². The molecular formula is C22H17ClN2O3S. The summed E-state index contributed by atoms with van der Waals surface area (Å²) in [5.74, 6) is 1.20. The zero-order valence-corrected chi connectivity index (χ0v) is 17.1. The van der Waals surface area contributed by atoms with Gasteiger partial charge in [0.1, 0.15) is 11.5 Å². The van der Waals surface area contributed by atoms with Crippen LogP contribution < -0.4 is 9.64 Å². The minimum Gasteiger partial charge on any atom is -0.497 e. The Morgan fingerprint density at radius 3 is 2.62 bits per heavy atom. The van der Waals surface area contributed by atoms with E-state index in [9.17, 15) is 4.79 Å². The van der Waals surface area contributed by atoms with Gasteiger partial charge < -0.3 is 9.15 Å². The molecule has 0 atom stereocenters. The molecule has 0 N–H and O–H groups in total. The number of benzene rings is 2. The lowest BCUT2D eigenvalue weighted by Gasteiger charge is -2.19. The quantitative estimate of drug-likeness (QED) is 0.386. The molecule has 0 aliphatic carbocycles. The molecule has 2 heterocycles. The smallest absolute Gasteiger partial charge is 0.262 e. The molecule has 0 aliphatic heterocycles. The van der Waals surface area contributed by atoms with Crippen LogP contribution in [0.15, 0.2) is 76.7 Å². The molecule has 0 aliphatic rings. The summed E-state index contributed by atoms with van der Waals surface area (Å²) in [6.07, 6.45) is 1.58. The van der Waals surface area contributed by atoms with Gasteiger partial charge in [0.15, 0.2) is 5.13 Å². The van der Waals surface area contributed by atoms with Gasteiger partial charge in [-0.2, -0.15) is 0 Å². The molecule has 2 aromatic carbocycles. The van der Waals surface area contributed by atoms with Crippen molar-refractivity contribution in [3.8, 4) is 17.0 Å². The second kappa shape index (κ2) is 8.51. The number of furan rings is 1. The maximum absolute atomic E-state index is 13.3. The number of hydrogen-bond donors (Lipinski definition) is 0. The Morgan fingerprint density at radius 2 is 1.93 bits per heavy atom. The van der Waals surface area contributed by atoms with E-state index in [1.807, 2.05) is 35.7 Å². The van der Waals surface area contributed by atoms with Crippen molar-refractivity contribution in [2.75, 3.05) is 12.0 Å². The first-order valence-corrected chi connectivity index (χ1v) is 10.1. The minimum absolute atomic E-state index is 0.234. The van der Waals surface area contributed by atoms with Crippen molar-refractivity contribution in [1.82, 2.24) is 4.98 Å². The third-order valence-corrected chi connectivity index (χ3v) is 5.55. The number of ether oxygens (including phenoxy) is 1. The highest BCUT2D eigenvalue weighted by Gasteiger charge is 2.24. The van der Waals surface area contributed by atoms with Gasteiger partial charge >= 0.3 is 0 Å². The van der Waals surface area contributed by atoms with Crippen LogP contribution >= 0.6 is 22.9 Å². The Bertz CT molecular complexity index is 1110. The molecule has 0 spiro atoms. The van der Waals surface area contributed by atoms with Crippen molar-refractivity contribution in [2.45, 2.75) is 6.54 Å². The highest BCUT2D eigenvalue weighted by Crippen LogP contribution is 2.31. The molecule has 5 nitrogen and oxygen atoms in total. The van der Waals surface area contributed by atoms with Crippen LogP contribution in [0, 0.1) is 0 Å². The van der Waals surface area contributed by atoms with E-state index in [-0.39, 0.29) is 12.5 Å². The predicted molar refractivity (Wildman–Crippen MR) is 115 cm³/mol. The molecule has 2 aromatic heterocycles. The maximum Gasteiger partial charge on any atom is 0.262 e. The topological polar surface area (TPSA) is 55.6 Å². The lowest BCUT2D eigenvalue weighted by atomic mass is 10.2. The average Bonchev–Trinajstić information content (AvgIpc) is 3.44. The van der Waals surface area contributed by atoms with Gasteiger partial charge in [0.05, 0.1) is 36.2 Å². The number of amides is 1. The van der Waals surface area contributed by atoms with Crippen LogP contribution in [0.5, 0.6) is 5.75 Å². The van der Waals surface area contributed by atoms with E-state index in [0.717, 1.165) is 17.0 Å². The minimum atomic E-state index is -0.234. The summed E-state index contributed by atoms with van der Waals surface area (Å²) in [4.78, 5) is 19.5. The molecule has 4 rings (SSSR count). The van der Waals surface area contributed by atoms with Crippen molar-refractivity contribution >= 4 is 34.0 Å². The van der Waals surface area contributed by atoms with Gasteiger partial charge in [-0.25, -0.2) is 4.98 Å².